The second-order valence-electron chi connectivity index (χ2n) is 6.82. The smallest absolute Gasteiger partial charge is 0.190 e. The Labute approximate surface area is 128 Å². The van der Waals surface area contributed by atoms with Crippen LogP contribution in [0.5, 0.6) is 0 Å². The van der Waals surface area contributed by atoms with Gasteiger partial charge in [-0.1, -0.05) is 30.3 Å². The van der Waals surface area contributed by atoms with E-state index in [9.17, 15) is 15.3 Å². The summed E-state index contributed by atoms with van der Waals surface area (Å²) in [5, 5.41) is 31.7. The van der Waals surface area contributed by atoms with Gasteiger partial charge in [0.15, 0.2) is 12.1 Å². The molecular formula is C16H20O6. The number of aliphatic hydroxyl groups is 3. The molecule has 3 aliphatic rings. The summed E-state index contributed by atoms with van der Waals surface area (Å²) in [6.45, 7) is 2.99. The van der Waals surface area contributed by atoms with Gasteiger partial charge < -0.3 is 29.5 Å². The van der Waals surface area contributed by atoms with Crippen molar-refractivity contribution in [2.45, 2.75) is 55.3 Å². The molecule has 0 radical (unpaired) electrons. The van der Waals surface area contributed by atoms with E-state index in [-0.39, 0.29) is 0 Å². The molecule has 22 heavy (non-hydrogen) atoms. The molecule has 3 N–H and O–H groups in total. The van der Waals surface area contributed by atoms with E-state index < -0.39 is 48.0 Å². The van der Waals surface area contributed by atoms with Gasteiger partial charge in [-0.2, -0.15) is 0 Å². The molecule has 0 spiro atoms. The molecule has 2 saturated heterocycles. The Morgan fingerprint density at radius 2 is 1.77 bits per heavy atom. The summed E-state index contributed by atoms with van der Waals surface area (Å²) < 4.78 is 17.1. The predicted octanol–water partition coefficient (Wildman–Crippen LogP) is 0.115. The lowest BCUT2D eigenvalue weighted by atomic mass is 9.52. The third-order valence-corrected chi connectivity index (χ3v) is 5.01. The van der Waals surface area contributed by atoms with E-state index in [1.54, 1.807) is 13.8 Å². The second-order valence-corrected chi connectivity index (χ2v) is 6.82. The van der Waals surface area contributed by atoms with Gasteiger partial charge >= 0.3 is 0 Å². The maximum Gasteiger partial charge on any atom is 0.190 e. The van der Waals surface area contributed by atoms with Gasteiger partial charge in [-0.25, -0.2) is 0 Å². The first kappa shape index (κ1) is 14.6. The van der Waals surface area contributed by atoms with Crippen LogP contribution in [0, 0.1) is 0 Å². The molecule has 2 heterocycles. The van der Waals surface area contributed by atoms with Crippen LogP contribution < -0.4 is 0 Å². The summed E-state index contributed by atoms with van der Waals surface area (Å²) in [4.78, 5) is 0. The molecule has 0 amide bonds. The van der Waals surface area contributed by atoms with E-state index in [1.165, 1.54) is 0 Å². The largest absolute Gasteiger partial charge is 0.393 e. The molecular weight excluding hydrogens is 288 g/mol. The van der Waals surface area contributed by atoms with Crippen molar-refractivity contribution in [2.75, 3.05) is 6.61 Å². The first-order chi connectivity index (χ1) is 10.3. The minimum absolute atomic E-state index is 0.512. The highest BCUT2D eigenvalue weighted by atomic mass is 16.8. The fraction of sp³-hybridized carbons (Fsp3) is 0.625. The second kappa shape index (κ2) is 4.29. The van der Waals surface area contributed by atoms with Crippen LogP contribution in [0.25, 0.3) is 0 Å². The molecule has 6 atom stereocenters. The van der Waals surface area contributed by atoms with E-state index in [2.05, 4.69) is 0 Å². The predicted molar refractivity (Wildman–Crippen MR) is 74.9 cm³/mol. The fourth-order valence-corrected chi connectivity index (χ4v) is 4.20. The molecule has 4 rings (SSSR count). The summed E-state index contributed by atoms with van der Waals surface area (Å²) in [5.74, 6) is -1.56. The number of hydrogen-bond donors (Lipinski definition) is 3. The highest BCUT2D eigenvalue weighted by Crippen LogP contribution is 2.63. The monoisotopic (exact) mass is 308 g/mol. The van der Waals surface area contributed by atoms with Crippen molar-refractivity contribution in [2.24, 2.45) is 0 Å². The molecule has 0 bridgehead atoms. The summed E-state index contributed by atoms with van der Waals surface area (Å²) in [5.41, 5.74) is -2.26. The standard InChI is InChI=1S/C16H20O6/c1-14(2)21-11-12(22-14)20-13-15(18,8-17)10(16(11,13)19)9-6-4-3-5-7-9/h3-7,10-13,17-19H,8H2,1-2H3/t10?,11-,12+,13+,15-,16+/m0/s1. The minimum Gasteiger partial charge on any atom is -0.393 e. The molecule has 1 aliphatic carbocycles. The summed E-state index contributed by atoms with van der Waals surface area (Å²) >= 11 is 0. The van der Waals surface area contributed by atoms with Crippen LogP contribution in [0.1, 0.15) is 25.3 Å². The van der Waals surface area contributed by atoms with Crippen LogP contribution in [0.3, 0.4) is 0 Å². The van der Waals surface area contributed by atoms with Crippen LogP contribution >= 0.6 is 0 Å². The van der Waals surface area contributed by atoms with Crippen molar-refractivity contribution in [1.29, 1.82) is 0 Å². The van der Waals surface area contributed by atoms with Gasteiger partial charge in [0.25, 0.3) is 0 Å². The Hall–Kier alpha value is -1.02. The lowest BCUT2D eigenvalue weighted by molar-refractivity contribution is -0.327. The van der Waals surface area contributed by atoms with Crippen molar-refractivity contribution in [3.8, 4) is 0 Å². The highest BCUT2D eigenvalue weighted by molar-refractivity contribution is 5.40. The highest BCUT2D eigenvalue weighted by Gasteiger charge is 2.81. The SMILES string of the molecule is CC1(C)O[C@H]2O[C@H]3[C@@](O)(C(c4ccccc4)[C@@]3(O)CO)[C@H]2O1. The molecule has 1 aromatic rings. The zero-order chi connectivity index (χ0) is 15.8. The van der Waals surface area contributed by atoms with Gasteiger partial charge in [-0.05, 0) is 19.4 Å². The molecule has 1 aromatic carbocycles. The zero-order valence-electron chi connectivity index (χ0n) is 12.5. The van der Waals surface area contributed by atoms with Crippen molar-refractivity contribution in [1.82, 2.24) is 0 Å². The van der Waals surface area contributed by atoms with E-state index in [0.29, 0.717) is 0 Å². The molecule has 6 heteroatoms. The van der Waals surface area contributed by atoms with Crippen LogP contribution in [0.4, 0.5) is 0 Å². The maximum atomic E-state index is 11.2. The van der Waals surface area contributed by atoms with Gasteiger partial charge in [-0.3, -0.25) is 0 Å². The Bertz CT molecular complexity index is 590. The maximum absolute atomic E-state index is 11.2. The van der Waals surface area contributed by atoms with Gasteiger partial charge in [0.05, 0.1) is 12.5 Å². The summed E-state index contributed by atoms with van der Waals surface area (Å²) in [6.07, 6.45) is -2.40. The molecule has 2 aliphatic heterocycles. The topological polar surface area (TPSA) is 88.4 Å². The first-order valence-electron chi connectivity index (χ1n) is 7.44. The average molecular weight is 308 g/mol. The van der Waals surface area contributed by atoms with Crippen molar-refractivity contribution in [3.05, 3.63) is 35.9 Å². The van der Waals surface area contributed by atoms with Crippen LogP contribution in [0.15, 0.2) is 30.3 Å². The summed E-state index contributed by atoms with van der Waals surface area (Å²) in [6, 6.07) is 9.13. The van der Waals surface area contributed by atoms with E-state index in [4.69, 9.17) is 14.2 Å². The van der Waals surface area contributed by atoms with Crippen molar-refractivity contribution >= 4 is 0 Å². The molecule has 6 nitrogen and oxygen atoms in total. The third kappa shape index (κ3) is 1.60. The van der Waals surface area contributed by atoms with E-state index in [0.717, 1.165) is 5.56 Å². The lowest BCUT2D eigenvalue weighted by Gasteiger charge is -2.59. The van der Waals surface area contributed by atoms with Crippen LogP contribution in [-0.2, 0) is 14.2 Å². The third-order valence-electron chi connectivity index (χ3n) is 5.01. The molecule has 3 fully saturated rings. The number of hydrogen-bond acceptors (Lipinski definition) is 6. The summed E-state index contributed by atoms with van der Waals surface area (Å²) in [7, 11) is 0. The van der Waals surface area contributed by atoms with Gasteiger partial charge in [0, 0.05) is 0 Å². The molecule has 120 valence electrons. The number of fused-ring (bicyclic) bond motifs is 3. The Morgan fingerprint density at radius 3 is 2.41 bits per heavy atom. The Morgan fingerprint density at radius 1 is 1.09 bits per heavy atom. The minimum atomic E-state index is -1.56. The number of rotatable bonds is 2. The number of benzene rings is 1. The Balaban J connectivity index is 1.77. The fourth-order valence-electron chi connectivity index (χ4n) is 4.20. The van der Waals surface area contributed by atoms with Gasteiger partial charge in [-0.15, -0.1) is 0 Å². The number of ether oxygens (including phenoxy) is 3. The number of aliphatic hydroxyl groups excluding tert-OH is 1. The Kier molecular flexibility index (Phi) is 2.84. The van der Waals surface area contributed by atoms with Crippen molar-refractivity contribution < 1.29 is 29.5 Å². The lowest BCUT2D eigenvalue weighted by Crippen LogP contribution is -2.78. The zero-order valence-corrected chi connectivity index (χ0v) is 12.5. The van der Waals surface area contributed by atoms with Crippen LogP contribution in [-0.4, -0.2) is 57.4 Å². The molecule has 1 saturated carbocycles. The van der Waals surface area contributed by atoms with Crippen molar-refractivity contribution in [3.63, 3.8) is 0 Å². The van der Waals surface area contributed by atoms with Gasteiger partial charge in [0.1, 0.15) is 23.4 Å². The normalized spacial score (nSPS) is 48.6. The molecule has 1 unspecified atom stereocenters. The van der Waals surface area contributed by atoms with Crippen LogP contribution in [0.2, 0.25) is 0 Å². The quantitative estimate of drug-likeness (QED) is 0.719. The van der Waals surface area contributed by atoms with E-state index >= 15 is 0 Å². The molecule has 0 aromatic heterocycles. The van der Waals surface area contributed by atoms with Gasteiger partial charge in [0.2, 0.25) is 0 Å². The first-order valence-corrected chi connectivity index (χ1v) is 7.44. The average Bonchev–Trinajstić information content (AvgIpc) is 2.91. The van der Waals surface area contributed by atoms with E-state index in [1.807, 2.05) is 30.3 Å².